The number of thiophene rings is 1. The lowest BCUT2D eigenvalue weighted by Crippen LogP contribution is -2.43. The van der Waals surface area contributed by atoms with Crippen LogP contribution in [-0.4, -0.2) is 8.32 Å². The van der Waals surface area contributed by atoms with Crippen molar-refractivity contribution in [3.63, 3.8) is 0 Å². The molecule has 2 nitrogen and oxygen atoms in total. The van der Waals surface area contributed by atoms with Crippen molar-refractivity contribution in [2.75, 3.05) is 5.73 Å². The molecular weight excluding hydrogens is 282 g/mol. The molecule has 4 heteroatoms. The number of benzene rings is 1. The van der Waals surface area contributed by atoms with E-state index in [1.165, 1.54) is 4.90 Å². The summed E-state index contributed by atoms with van der Waals surface area (Å²) in [6.07, 6.45) is 0. The van der Waals surface area contributed by atoms with Crippen LogP contribution in [0.5, 0.6) is 5.75 Å². The van der Waals surface area contributed by atoms with E-state index in [-0.39, 0.29) is 15.5 Å². The smallest absolute Gasteiger partial charge is 0.250 e. The maximum absolute atomic E-state index is 6.29. The number of hydrogen-bond acceptors (Lipinski definition) is 2. The van der Waals surface area contributed by atoms with Gasteiger partial charge in [-0.2, -0.15) is 0 Å². The van der Waals surface area contributed by atoms with Crippen LogP contribution in [0, 0.1) is 0 Å². The molecule has 0 spiro atoms. The lowest BCUT2D eigenvalue weighted by Gasteiger charge is -2.36. The Hall–Kier alpha value is -1.26. The first kappa shape index (κ1) is 15.1. The Morgan fingerprint density at radius 3 is 2.10 bits per heavy atom. The zero-order chi connectivity index (χ0) is 15.0. The van der Waals surface area contributed by atoms with Gasteiger partial charge in [-0.05, 0) is 30.3 Å². The Kier molecular flexibility index (Phi) is 3.98. The Bertz CT molecular complexity index is 581. The van der Waals surface area contributed by atoms with Gasteiger partial charge in [0.05, 0.1) is 5.69 Å². The van der Waals surface area contributed by atoms with Gasteiger partial charge < -0.3 is 10.2 Å². The normalized spacial score (nSPS) is 13.3. The first-order chi connectivity index (χ1) is 9.19. The van der Waals surface area contributed by atoms with Crippen molar-refractivity contribution in [3.05, 3.63) is 41.1 Å². The second kappa shape index (κ2) is 5.26. The van der Waals surface area contributed by atoms with E-state index in [0.717, 1.165) is 11.4 Å². The third-order valence-electron chi connectivity index (χ3n) is 3.95. The molecule has 0 aliphatic rings. The lowest BCUT2D eigenvalue weighted by molar-refractivity contribution is 0.492. The number of hydrogen-bond donors (Lipinski definition) is 1. The molecule has 0 saturated heterocycles. The topological polar surface area (TPSA) is 35.2 Å². The van der Waals surface area contributed by atoms with Gasteiger partial charge in [0.2, 0.25) is 8.32 Å². The van der Waals surface area contributed by atoms with Crippen LogP contribution in [0.25, 0.3) is 4.90 Å². The van der Waals surface area contributed by atoms with E-state index in [9.17, 15) is 0 Å². The van der Waals surface area contributed by atoms with Gasteiger partial charge in [-0.1, -0.05) is 20.8 Å². The van der Waals surface area contributed by atoms with E-state index < -0.39 is 8.32 Å². The summed E-state index contributed by atoms with van der Waals surface area (Å²) in [5, 5.41) is 4.47. The fourth-order valence-electron chi connectivity index (χ4n) is 1.64. The van der Waals surface area contributed by atoms with Crippen molar-refractivity contribution in [2.45, 2.75) is 38.9 Å². The minimum atomic E-state index is -1.75. The monoisotopic (exact) mass is 306 g/mol. The van der Waals surface area contributed by atoms with Crippen molar-refractivity contribution in [2.24, 2.45) is 0 Å². The van der Waals surface area contributed by atoms with Gasteiger partial charge in [0.1, 0.15) is 11.1 Å². The highest BCUT2D eigenvalue weighted by atomic mass is 32.2. The molecule has 0 radical (unpaired) electrons. The highest BCUT2D eigenvalue weighted by Crippen LogP contribution is 2.38. The third kappa shape index (κ3) is 3.25. The van der Waals surface area contributed by atoms with Crippen LogP contribution in [0.3, 0.4) is 0 Å². The molecule has 20 heavy (non-hydrogen) atoms. The molecule has 2 rings (SSSR count). The summed E-state index contributed by atoms with van der Waals surface area (Å²) in [5.41, 5.74) is 6.64. The minimum absolute atomic E-state index is 0.0189. The largest absolute Gasteiger partial charge is 0.543 e. The fraction of sp³-hybridized carbons (Fsp3) is 0.375. The van der Waals surface area contributed by atoms with Gasteiger partial charge >= 0.3 is 0 Å². The van der Waals surface area contributed by atoms with E-state index in [1.807, 2.05) is 6.07 Å². The van der Waals surface area contributed by atoms with E-state index in [2.05, 4.69) is 68.9 Å². The maximum atomic E-state index is 6.29. The van der Waals surface area contributed by atoms with Crippen LogP contribution < -0.4 is 10.2 Å². The second-order valence-corrected chi connectivity index (χ2v) is 13.1. The third-order valence-corrected chi connectivity index (χ3v) is 10.1. The zero-order valence-electron chi connectivity index (χ0n) is 12.9. The van der Waals surface area contributed by atoms with E-state index in [1.54, 1.807) is 0 Å². The molecule has 1 heterocycles. The standard InChI is InChI=1S/C16H24NOSSi/c1-16(2,3)20(4,5)18-14-6-8-15(9-7-14)19-11-10-13(17)12-19/h6-12H,17H2,1-5H3/q+1. The van der Waals surface area contributed by atoms with Gasteiger partial charge in [0.15, 0.2) is 10.3 Å². The average molecular weight is 307 g/mol. The lowest BCUT2D eigenvalue weighted by atomic mass is 10.2. The summed E-state index contributed by atoms with van der Waals surface area (Å²) >= 11 is 0. The van der Waals surface area contributed by atoms with Crippen LogP contribution in [0.1, 0.15) is 20.8 Å². The molecular formula is C16H24NOSSi+. The van der Waals surface area contributed by atoms with E-state index in [0.29, 0.717) is 0 Å². The highest BCUT2D eigenvalue weighted by Gasteiger charge is 2.38. The van der Waals surface area contributed by atoms with Crippen molar-refractivity contribution >= 4 is 24.5 Å². The molecule has 2 aromatic rings. The second-order valence-electron chi connectivity index (χ2n) is 6.63. The Morgan fingerprint density at radius 1 is 1.05 bits per heavy atom. The molecule has 0 bridgehead atoms. The minimum Gasteiger partial charge on any atom is -0.543 e. The molecule has 108 valence electrons. The zero-order valence-corrected chi connectivity index (χ0v) is 14.8. The summed E-state index contributed by atoms with van der Waals surface area (Å²) in [7, 11) is -1.73. The first-order valence-electron chi connectivity index (χ1n) is 6.85. The Labute approximate surface area is 125 Å². The Morgan fingerprint density at radius 2 is 1.65 bits per heavy atom. The summed E-state index contributed by atoms with van der Waals surface area (Å²) < 4.78 is 6.29. The van der Waals surface area contributed by atoms with Crippen LogP contribution >= 0.6 is 10.5 Å². The van der Waals surface area contributed by atoms with Gasteiger partial charge in [-0.15, -0.1) is 0 Å². The Balaban J connectivity index is 2.17. The predicted octanol–water partition coefficient (Wildman–Crippen LogP) is 5.39. The van der Waals surface area contributed by atoms with Crippen LogP contribution in [0.15, 0.2) is 41.1 Å². The fourth-order valence-corrected chi connectivity index (χ4v) is 4.17. The summed E-state index contributed by atoms with van der Waals surface area (Å²) in [6, 6.07) is 10.4. The predicted molar refractivity (Wildman–Crippen MR) is 92.5 cm³/mol. The van der Waals surface area contributed by atoms with Gasteiger partial charge in [0.25, 0.3) is 0 Å². The maximum Gasteiger partial charge on any atom is 0.250 e. The first-order valence-corrected chi connectivity index (χ1v) is 11.1. The van der Waals surface area contributed by atoms with E-state index in [4.69, 9.17) is 10.2 Å². The van der Waals surface area contributed by atoms with Crippen molar-refractivity contribution in [1.82, 2.24) is 0 Å². The van der Waals surface area contributed by atoms with Crippen LogP contribution in [0.4, 0.5) is 5.69 Å². The summed E-state index contributed by atoms with van der Waals surface area (Å²) in [6.45, 7) is 11.3. The number of rotatable bonds is 3. The molecule has 1 atom stereocenters. The number of nitrogens with two attached hydrogens (primary N) is 1. The SMILES string of the molecule is CC(C)(C)[Si](C)(C)Oc1ccc(-[s+]2ccc(N)c2)cc1. The van der Waals surface area contributed by atoms with Crippen LogP contribution in [0.2, 0.25) is 18.1 Å². The van der Waals surface area contributed by atoms with Gasteiger partial charge in [-0.3, -0.25) is 0 Å². The van der Waals surface area contributed by atoms with E-state index >= 15 is 0 Å². The number of nitrogen functional groups attached to an aromatic ring is 1. The van der Waals surface area contributed by atoms with Gasteiger partial charge in [-0.25, -0.2) is 0 Å². The molecule has 0 amide bonds. The highest BCUT2D eigenvalue weighted by molar-refractivity contribution is 7.37. The molecule has 1 aromatic carbocycles. The molecule has 0 aliphatic carbocycles. The summed E-state index contributed by atoms with van der Waals surface area (Å²) in [4.78, 5) is 1.28. The van der Waals surface area contributed by atoms with Crippen molar-refractivity contribution in [3.8, 4) is 10.6 Å². The molecule has 2 N–H and O–H groups in total. The number of anilines is 1. The molecule has 0 fully saturated rings. The van der Waals surface area contributed by atoms with Gasteiger partial charge in [0, 0.05) is 28.7 Å². The molecule has 1 unspecified atom stereocenters. The molecule has 0 aliphatic heterocycles. The molecule has 0 saturated carbocycles. The summed E-state index contributed by atoms with van der Waals surface area (Å²) in [5.74, 6) is 0.976. The quantitative estimate of drug-likeness (QED) is 0.609. The van der Waals surface area contributed by atoms with Crippen molar-refractivity contribution in [1.29, 1.82) is 0 Å². The molecule has 1 aromatic heterocycles. The average Bonchev–Trinajstić information content (AvgIpc) is 2.75. The van der Waals surface area contributed by atoms with Crippen molar-refractivity contribution < 1.29 is 4.43 Å². The van der Waals surface area contributed by atoms with Crippen LogP contribution in [-0.2, 0) is 0 Å².